The van der Waals surface area contributed by atoms with E-state index >= 15 is 0 Å². The lowest BCUT2D eigenvalue weighted by Crippen LogP contribution is -2.50. The Morgan fingerprint density at radius 3 is 2.44 bits per heavy atom. The third kappa shape index (κ3) is 5.16. The molecule has 3 amide bonds. The number of carbonyl (C=O) groups excluding carboxylic acids is 2. The van der Waals surface area contributed by atoms with E-state index in [-0.39, 0.29) is 16.8 Å². The number of fused-ring (bicyclic) bond motifs is 1. The predicted molar refractivity (Wildman–Crippen MR) is 138 cm³/mol. The topological polar surface area (TPSA) is 98.8 Å². The van der Waals surface area contributed by atoms with Crippen LogP contribution in [-0.2, 0) is 16.4 Å². The average molecular weight is 525 g/mol. The van der Waals surface area contributed by atoms with E-state index in [1.54, 1.807) is 28.5 Å². The molecule has 3 heterocycles. The molecule has 1 fully saturated rings. The van der Waals surface area contributed by atoms with Crippen molar-refractivity contribution >= 4 is 33.3 Å². The van der Waals surface area contributed by atoms with Crippen molar-refractivity contribution in [3.8, 4) is 0 Å². The molecule has 0 spiro atoms. The molecule has 0 saturated carbocycles. The largest absolute Gasteiger partial charge is 0.343 e. The highest BCUT2D eigenvalue weighted by atomic mass is 32.2. The molecule has 0 bridgehead atoms. The van der Waals surface area contributed by atoms with Crippen molar-refractivity contribution in [1.82, 2.24) is 20.1 Å². The molecule has 36 heavy (non-hydrogen) atoms. The van der Waals surface area contributed by atoms with Crippen LogP contribution in [0, 0.1) is 0 Å². The second-order valence-corrected chi connectivity index (χ2v) is 11.7. The van der Waals surface area contributed by atoms with Crippen LogP contribution in [0.2, 0.25) is 0 Å². The highest BCUT2D eigenvalue weighted by molar-refractivity contribution is 7.90. The Morgan fingerprint density at radius 1 is 0.972 bits per heavy atom. The summed E-state index contributed by atoms with van der Waals surface area (Å²) in [5.74, 6) is 0.00659. The number of hydrogen-bond acceptors (Lipinski definition) is 6. The zero-order valence-corrected chi connectivity index (χ0v) is 21.4. The molecule has 2 aliphatic rings. The number of amides is 3. The fraction of sp³-hybridized carbons (Fsp3) is 0.308. The molecular formula is C26H28N4O4S2. The SMILES string of the molecule is O=C(NN1CCCCC1)NS(=O)(=O)c1ccc(CCN2C(=O)c3ccccc3C2c2cccs2)cc1. The maximum atomic E-state index is 13.2. The van der Waals surface area contributed by atoms with Crippen LogP contribution in [0.1, 0.15) is 51.7 Å². The number of hydrogen-bond donors (Lipinski definition) is 2. The highest BCUT2D eigenvalue weighted by Crippen LogP contribution is 2.40. The van der Waals surface area contributed by atoms with Crippen LogP contribution < -0.4 is 10.1 Å². The molecular weight excluding hydrogens is 496 g/mol. The lowest BCUT2D eigenvalue weighted by molar-refractivity contribution is 0.0753. The number of piperidine rings is 1. The first-order valence-corrected chi connectivity index (χ1v) is 14.4. The van der Waals surface area contributed by atoms with E-state index < -0.39 is 16.1 Å². The van der Waals surface area contributed by atoms with Crippen LogP contribution in [0.15, 0.2) is 70.9 Å². The van der Waals surface area contributed by atoms with E-state index in [4.69, 9.17) is 0 Å². The Balaban J connectivity index is 1.23. The van der Waals surface area contributed by atoms with Gasteiger partial charge in [-0.25, -0.2) is 22.9 Å². The van der Waals surface area contributed by atoms with Crippen molar-refractivity contribution in [2.75, 3.05) is 19.6 Å². The van der Waals surface area contributed by atoms with Crippen molar-refractivity contribution in [2.24, 2.45) is 0 Å². The third-order valence-electron chi connectivity index (χ3n) is 6.59. The van der Waals surface area contributed by atoms with Crippen LogP contribution in [0.4, 0.5) is 4.79 Å². The van der Waals surface area contributed by atoms with Crippen LogP contribution in [0.5, 0.6) is 0 Å². The standard InChI is InChI=1S/C26H28N4O4S2/c31-25-22-8-3-2-7-21(22)24(23-9-6-18-35-23)30(25)17-14-19-10-12-20(13-11-19)36(33,34)28-26(32)27-29-15-4-1-5-16-29/h2-3,6-13,18,24H,1,4-5,14-17H2,(H2,27,28,32). The van der Waals surface area contributed by atoms with Gasteiger partial charge >= 0.3 is 6.03 Å². The Morgan fingerprint density at radius 2 is 1.72 bits per heavy atom. The first-order chi connectivity index (χ1) is 17.4. The molecule has 1 unspecified atom stereocenters. The van der Waals surface area contributed by atoms with Crippen LogP contribution in [0.3, 0.4) is 0 Å². The molecule has 2 aromatic carbocycles. The van der Waals surface area contributed by atoms with Crippen molar-refractivity contribution in [1.29, 1.82) is 0 Å². The first-order valence-electron chi connectivity index (χ1n) is 12.0. The third-order valence-corrected chi connectivity index (χ3v) is 8.86. The van der Waals surface area contributed by atoms with Gasteiger partial charge in [0.25, 0.3) is 15.9 Å². The molecule has 10 heteroatoms. The zero-order valence-electron chi connectivity index (χ0n) is 19.7. The Labute approximate surface area is 214 Å². The predicted octanol–water partition coefficient (Wildman–Crippen LogP) is 3.92. The van der Waals surface area contributed by atoms with Crippen molar-refractivity contribution < 1.29 is 18.0 Å². The van der Waals surface area contributed by atoms with Crippen LogP contribution in [-0.4, -0.2) is 49.9 Å². The van der Waals surface area contributed by atoms with E-state index in [2.05, 4.69) is 10.1 Å². The lowest BCUT2D eigenvalue weighted by Gasteiger charge is -2.26. The Kier molecular flexibility index (Phi) is 7.08. The number of rotatable bonds is 7. The maximum absolute atomic E-state index is 13.2. The van der Waals surface area contributed by atoms with Gasteiger partial charge < -0.3 is 4.90 Å². The van der Waals surface area contributed by atoms with Crippen LogP contribution >= 0.6 is 11.3 Å². The van der Waals surface area contributed by atoms with Gasteiger partial charge in [0, 0.05) is 30.1 Å². The van der Waals surface area contributed by atoms with Gasteiger partial charge in [-0.1, -0.05) is 42.8 Å². The summed E-state index contributed by atoms with van der Waals surface area (Å²) in [4.78, 5) is 28.4. The average Bonchev–Trinajstić information content (AvgIpc) is 3.50. The molecule has 8 nitrogen and oxygen atoms in total. The molecule has 2 aliphatic heterocycles. The molecule has 188 valence electrons. The second kappa shape index (κ2) is 10.4. The minimum absolute atomic E-state index is 0.00659. The van der Waals surface area contributed by atoms with Gasteiger partial charge in [-0.15, -0.1) is 11.3 Å². The molecule has 3 aromatic rings. The number of thiophene rings is 1. The monoisotopic (exact) mass is 524 g/mol. The molecule has 1 saturated heterocycles. The zero-order chi connectivity index (χ0) is 25.1. The minimum Gasteiger partial charge on any atom is -0.326 e. The number of nitrogens with one attached hydrogen (secondary N) is 2. The quantitative estimate of drug-likeness (QED) is 0.488. The van der Waals surface area contributed by atoms with Crippen LogP contribution in [0.25, 0.3) is 0 Å². The maximum Gasteiger partial charge on any atom is 0.343 e. The number of hydrazine groups is 1. The number of sulfonamides is 1. The van der Waals surface area contributed by atoms with Gasteiger partial charge in [-0.3, -0.25) is 10.2 Å². The van der Waals surface area contributed by atoms with Crippen molar-refractivity contribution in [3.63, 3.8) is 0 Å². The summed E-state index contributed by atoms with van der Waals surface area (Å²) in [6, 6.07) is 17.3. The number of urea groups is 1. The summed E-state index contributed by atoms with van der Waals surface area (Å²) in [6.07, 6.45) is 3.62. The fourth-order valence-corrected chi connectivity index (χ4v) is 6.55. The van der Waals surface area contributed by atoms with Gasteiger partial charge in [0.1, 0.15) is 0 Å². The lowest BCUT2D eigenvalue weighted by atomic mass is 10.0. The first kappa shape index (κ1) is 24.5. The molecule has 2 N–H and O–H groups in total. The summed E-state index contributed by atoms with van der Waals surface area (Å²) in [6.45, 7) is 1.92. The van der Waals surface area contributed by atoms with E-state index in [0.29, 0.717) is 26.1 Å². The van der Waals surface area contributed by atoms with Gasteiger partial charge in [-0.2, -0.15) is 0 Å². The summed E-state index contributed by atoms with van der Waals surface area (Å²) < 4.78 is 27.4. The molecule has 5 rings (SSSR count). The smallest absolute Gasteiger partial charge is 0.326 e. The van der Waals surface area contributed by atoms with Gasteiger partial charge in [0.15, 0.2) is 0 Å². The summed E-state index contributed by atoms with van der Waals surface area (Å²) in [5, 5.41) is 3.75. The van der Waals surface area contributed by atoms with E-state index in [1.807, 2.05) is 46.7 Å². The number of nitrogens with zero attached hydrogens (tertiary/aromatic N) is 2. The fourth-order valence-electron chi connectivity index (χ4n) is 4.79. The van der Waals surface area contributed by atoms with Gasteiger partial charge in [0.05, 0.1) is 10.9 Å². The second-order valence-electron chi connectivity index (χ2n) is 8.99. The van der Waals surface area contributed by atoms with Gasteiger partial charge in [0.2, 0.25) is 0 Å². The Bertz CT molecular complexity index is 1330. The minimum atomic E-state index is -3.99. The van der Waals surface area contributed by atoms with E-state index in [0.717, 1.165) is 40.8 Å². The summed E-state index contributed by atoms with van der Waals surface area (Å²) >= 11 is 1.63. The van der Waals surface area contributed by atoms with Gasteiger partial charge in [-0.05, 0) is 60.0 Å². The molecule has 0 aliphatic carbocycles. The van der Waals surface area contributed by atoms with E-state index in [9.17, 15) is 18.0 Å². The highest BCUT2D eigenvalue weighted by Gasteiger charge is 2.37. The van der Waals surface area contributed by atoms with Crippen molar-refractivity contribution in [3.05, 3.63) is 87.6 Å². The molecule has 0 radical (unpaired) electrons. The summed E-state index contributed by atoms with van der Waals surface area (Å²) in [7, 11) is -3.99. The number of benzene rings is 2. The molecule has 1 atom stereocenters. The van der Waals surface area contributed by atoms with E-state index in [1.165, 1.54) is 12.1 Å². The normalized spacial score (nSPS) is 18.2. The Hall–Kier alpha value is -3.21. The summed E-state index contributed by atoms with van der Waals surface area (Å²) in [5.41, 5.74) is 5.25. The number of carbonyl (C=O) groups is 2. The van der Waals surface area contributed by atoms with Crippen molar-refractivity contribution in [2.45, 2.75) is 36.6 Å². The molecule has 1 aromatic heterocycles.